The van der Waals surface area contributed by atoms with Gasteiger partial charge in [-0.3, -0.25) is 0 Å². The van der Waals surface area contributed by atoms with Gasteiger partial charge in [0, 0.05) is 19.6 Å². The van der Waals surface area contributed by atoms with Crippen molar-refractivity contribution in [1.82, 2.24) is 16.0 Å². The van der Waals surface area contributed by atoms with Crippen LogP contribution in [0.1, 0.15) is 20.3 Å². The van der Waals surface area contributed by atoms with Crippen molar-refractivity contribution in [2.45, 2.75) is 20.3 Å². The SMILES string of the molecule is CCNNN1CCC(C)C1. The van der Waals surface area contributed by atoms with Crippen LogP contribution in [0.2, 0.25) is 0 Å². The summed E-state index contributed by atoms with van der Waals surface area (Å²) in [7, 11) is 0. The Bertz CT molecular complexity index is 94.9. The van der Waals surface area contributed by atoms with Gasteiger partial charge in [0.1, 0.15) is 0 Å². The lowest BCUT2D eigenvalue weighted by Gasteiger charge is -2.16. The molecule has 1 saturated heterocycles. The molecule has 60 valence electrons. The summed E-state index contributed by atoms with van der Waals surface area (Å²) in [4.78, 5) is 0. The molecule has 3 nitrogen and oxygen atoms in total. The molecule has 1 atom stereocenters. The predicted molar refractivity (Wildman–Crippen MR) is 42.2 cm³/mol. The molecule has 10 heavy (non-hydrogen) atoms. The van der Waals surface area contributed by atoms with Crippen LogP contribution in [0, 0.1) is 5.92 Å². The number of nitrogens with one attached hydrogen (secondary N) is 2. The van der Waals surface area contributed by atoms with Gasteiger partial charge >= 0.3 is 0 Å². The first-order valence-corrected chi connectivity index (χ1v) is 4.06. The standard InChI is InChI=1S/C7H17N3/c1-3-8-9-10-5-4-7(2)6-10/h7-9H,3-6H2,1-2H3. The second-order valence-corrected chi connectivity index (χ2v) is 2.98. The van der Waals surface area contributed by atoms with Crippen molar-refractivity contribution in [3.8, 4) is 0 Å². The molecule has 1 aliphatic rings. The van der Waals surface area contributed by atoms with Crippen molar-refractivity contribution in [2.24, 2.45) is 5.92 Å². The molecule has 0 amide bonds. The van der Waals surface area contributed by atoms with Gasteiger partial charge in [-0.05, 0) is 12.3 Å². The smallest absolute Gasteiger partial charge is 0.0170 e. The van der Waals surface area contributed by atoms with E-state index in [1.54, 1.807) is 0 Å². The van der Waals surface area contributed by atoms with E-state index < -0.39 is 0 Å². The molecule has 0 bridgehead atoms. The van der Waals surface area contributed by atoms with E-state index in [0.29, 0.717) is 0 Å². The quantitative estimate of drug-likeness (QED) is 0.558. The van der Waals surface area contributed by atoms with Gasteiger partial charge in [0.05, 0.1) is 0 Å². The van der Waals surface area contributed by atoms with Gasteiger partial charge in [-0.1, -0.05) is 13.8 Å². The minimum Gasteiger partial charge on any atom is -0.244 e. The minimum absolute atomic E-state index is 0.853. The highest BCUT2D eigenvalue weighted by molar-refractivity contribution is 4.67. The highest BCUT2D eigenvalue weighted by Gasteiger charge is 2.17. The van der Waals surface area contributed by atoms with Crippen LogP contribution < -0.4 is 11.0 Å². The first kappa shape index (κ1) is 7.98. The second-order valence-electron chi connectivity index (χ2n) is 2.98. The summed E-state index contributed by atoms with van der Waals surface area (Å²) in [6.45, 7) is 7.70. The van der Waals surface area contributed by atoms with Crippen LogP contribution in [-0.2, 0) is 0 Å². The van der Waals surface area contributed by atoms with E-state index in [-0.39, 0.29) is 0 Å². The van der Waals surface area contributed by atoms with E-state index in [1.807, 2.05) is 0 Å². The van der Waals surface area contributed by atoms with Crippen LogP contribution >= 0.6 is 0 Å². The van der Waals surface area contributed by atoms with Crippen LogP contribution in [0.3, 0.4) is 0 Å². The van der Waals surface area contributed by atoms with Crippen molar-refractivity contribution in [3.05, 3.63) is 0 Å². The predicted octanol–water partition coefficient (Wildman–Crippen LogP) is 0.357. The lowest BCUT2D eigenvalue weighted by Crippen LogP contribution is -2.45. The van der Waals surface area contributed by atoms with Gasteiger partial charge in [-0.25, -0.2) is 10.4 Å². The van der Waals surface area contributed by atoms with E-state index in [0.717, 1.165) is 12.5 Å². The Morgan fingerprint density at radius 2 is 2.40 bits per heavy atom. The van der Waals surface area contributed by atoms with Crippen LogP contribution in [0.25, 0.3) is 0 Å². The molecule has 0 spiro atoms. The highest BCUT2D eigenvalue weighted by Crippen LogP contribution is 2.11. The molecule has 0 aromatic heterocycles. The first-order chi connectivity index (χ1) is 4.83. The first-order valence-electron chi connectivity index (χ1n) is 4.06. The lowest BCUT2D eigenvalue weighted by atomic mass is 10.2. The molecule has 1 fully saturated rings. The number of rotatable bonds is 3. The molecule has 1 heterocycles. The Balaban J connectivity index is 2.06. The number of hydrazine groups is 2. The van der Waals surface area contributed by atoms with Crippen LogP contribution in [0.4, 0.5) is 0 Å². The molecular formula is C7H17N3. The zero-order valence-corrected chi connectivity index (χ0v) is 6.85. The van der Waals surface area contributed by atoms with Gasteiger partial charge < -0.3 is 0 Å². The lowest BCUT2D eigenvalue weighted by molar-refractivity contribution is 0.189. The third-order valence-electron chi connectivity index (χ3n) is 1.84. The maximum atomic E-state index is 3.14. The fourth-order valence-electron chi connectivity index (χ4n) is 1.23. The second kappa shape index (κ2) is 3.91. The van der Waals surface area contributed by atoms with Gasteiger partial charge in [-0.2, -0.15) is 5.53 Å². The van der Waals surface area contributed by atoms with E-state index in [4.69, 9.17) is 0 Å². The van der Waals surface area contributed by atoms with Gasteiger partial charge in [-0.15, -0.1) is 0 Å². The molecule has 1 aliphatic heterocycles. The third kappa shape index (κ3) is 2.25. The van der Waals surface area contributed by atoms with E-state index in [9.17, 15) is 0 Å². The van der Waals surface area contributed by atoms with Crippen molar-refractivity contribution in [2.75, 3.05) is 19.6 Å². The Morgan fingerprint density at radius 1 is 1.60 bits per heavy atom. The summed E-state index contributed by atoms with van der Waals surface area (Å²) < 4.78 is 0. The fraction of sp³-hybridized carbons (Fsp3) is 1.00. The van der Waals surface area contributed by atoms with Crippen molar-refractivity contribution >= 4 is 0 Å². The summed E-state index contributed by atoms with van der Waals surface area (Å²) in [6, 6.07) is 0. The third-order valence-corrected chi connectivity index (χ3v) is 1.84. The molecule has 1 unspecified atom stereocenters. The molecule has 0 radical (unpaired) electrons. The fourth-order valence-corrected chi connectivity index (χ4v) is 1.23. The average molecular weight is 143 g/mol. The highest BCUT2D eigenvalue weighted by atomic mass is 15.7. The molecule has 1 rings (SSSR count). The Labute approximate surface area is 62.7 Å². The van der Waals surface area contributed by atoms with E-state index in [2.05, 4.69) is 29.8 Å². The largest absolute Gasteiger partial charge is 0.244 e. The Hall–Kier alpha value is -0.120. The summed E-state index contributed by atoms with van der Waals surface area (Å²) in [5.41, 5.74) is 6.23. The molecule has 3 heteroatoms. The zero-order valence-electron chi connectivity index (χ0n) is 6.85. The Kier molecular flexibility index (Phi) is 3.12. The topological polar surface area (TPSA) is 27.3 Å². The van der Waals surface area contributed by atoms with E-state index >= 15 is 0 Å². The molecular weight excluding hydrogens is 126 g/mol. The molecule has 0 saturated carbocycles. The average Bonchev–Trinajstić information content (AvgIpc) is 2.31. The van der Waals surface area contributed by atoms with Crippen molar-refractivity contribution in [3.63, 3.8) is 0 Å². The maximum absolute atomic E-state index is 3.14. The van der Waals surface area contributed by atoms with Crippen LogP contribution in [0.5, 0.6) is 0 Å². The summed E-state index contributed by atoms with van der Waals surface area (Å²) in [6.07, 6.45) is 1.32. The van der Waals surface area contributed by atoms with Crippen LogP contribution in [0.15, 0.2) is 0 Å². The molecule has 0 aliphatic carbocycles. The number of hydrogen-bond acceptors (Lipinski definition) is 3. The summed E-state index contributed by atoms with van der Waals surface area (Å²) in [5.74, 6) is 0.853. The number of hydrogen-bond donors (Lipinski definition) is 2. The Morgan fingerprint density at radius 3 is 2.90 bits per heavy atom. The van der Waals surface area contributed by atoms with Crippen molar-refractivity contribution in [1.29, 1.82) is 0 Å². The summed E-state index contributed by atoms with van der Waals surface area (Å²) >= 11 is 0. The molecule has 2 N–H and O–H groups in total. The molecule has 0 aromatic carbocycles. The maximum Gasteiger partial charge on any atom is 0.0170 e. The van der Waals surface area contributed by atoms with Gasteiger partial charge in [0.25, 0.3) is 0 Å². The summed E-state index contributed by atoms with van der Waals surface area (Å²) in [5, 5.41) is 2.23. The number of nitrogens with zero attached hydrogens (tertiary/aromatic N) is 1. The minimum atomic E-state index is 0.853. The normalized spacial score (nSPS) is 27.6. The van der Waals surface area contributed by atoms with E-state index in [1.165, 1.54) is 19.5 Å². The molecule has 0 aromatic rings. The van der Waals surface area contributed by atoms with Crippen molar-refractivity contribution < 1.29 is 0 Å². The van der Waals surface area contributed by atoms with Crippen LogP contribution in [-0.4, -0.2) is 24.6 Å². The monoisotopic (exact) mass is 143 g/mol. The van der Waals surface area contributed by atoms with Gasteiger partial charge in [0.15, 0.2) is 0 Å². The van der Waals surface area contributed by atoms with Gasteiger partial charge in [0.2, 0.25) is 0 Å². The zero-order chi connectivity index (χ0) is 7.40.